The fourth-order valence-electron chi connectivity index (χ4n) is 1.65. The number of rotatable bonds is 5. The zero-order valence-electron chi connectivity index (χ0n) is 11.2. The third-order valence-corrected chi connectivity index (χ3v) is 4.58. The highest BCUT2D eigenvalue weighted by molar-refractivity contribution is 7.92. The smallest absolute Gasteiger partial charge is 0.263 e. The van der Waals surface area contributed by atoms with Crippen LogP contribution in [0.25, 0.3) is 0 Å². The lowest BCUT2D eigenvalue weighted by molar-refractivity contribution is 0.398. The summed E-state index contributed by atoms with van der Waals surface area (Å²) in [5.74, 6) is 0.390. The molecule has 21 heavy (non-hydrogen) atoms. The van der Waals surface area contributed by atoms with Crippen LogP contribution in [-0.4, -0.2) is 20.5 Å². The zero-order valence-corrected chi connectivity index (χ0v) is 12.8. The first-order chi connectivity index (χ1) is 9.96. The van der Waals surface area contributed by atoms with Crippen molar-refractivity contribution < 1.29 is 13.2 Å². The normalized spacial score (nSPS) is 11.2. The average Bonchev–Trinajstić information content (AvgIpc) is 2.48. The van der Waals surface area contributed by atoms with E-state index in [-0.39, 0.29) is 16.5 Å². The van der Waals surface area contributed by atoms with Crippen molar-refractivity contribution in [3.8, 4) is 5.88 Å². The molecular weight excluding hydrogens is 314 g/mol. The molecule has 1 heterocycles. The van der Waals surface area contributed by atoms with Gasteiger partial charge in [-0.1, -0.05) is 17.7 Å². The number of pyridine rings is 1. The number of nitrogens with zero attached hydrogens (tertiary/aromatic N) is 1. The fraction of sp³-hybridized carbons (Fsp3) is 0.154. The monoisotopic (exact) mass is 327 g/mol. The van der Waals surface area contributed by atoms with Crippen molar-refractivity contribution in [2.75, 3.05) is 11.8 Å². The van der Waals surface area contributed by atoms with Crippen LogP contribution in [0.4, 0.5) is 5.69 Å². The number of benzene rings is 1. The summed E-state index contributed by atoms with van der Waals surface area (Å²) in [6.45, 7) is 0.226. The number of hydrogen-bond acceptors (Lipinski definition) is 5. The molecular formula is C13H14ClN3O3S. The van der Waals surface area contributed by atoms with Gasteiger partial charge in [0.1, 0.15) is 4.90 Å². The molecule has 2 aromatic rings. The summed E-state index contributed by atoms with van der Waals surface area (Å²) in [7, 11) is -2.34. The molecule has 0 saturated carbocycles. The van der Waals surface area contributed by atoms with E-state index >= 15 is 0 Å². The van der Waals surface area contributed by atoms with Gasteiger partial charge in [-0.2, -0.15) is 0 Å². The highest BCUT2D eigenvalue weighted by Gasteiger charge is 2.18. The lowest BCUT2D eigenvalue weighted by atomic mass is 10.2. The van der Waals surface area contributed by atoms with Gasteiger partial charge in [0.2, 0.25) is 5.88 Å². The van der Waals surface area contributed by atoms with Gasteiger partial charge in [0.25, 0.3) is 10.0 Å². The Balaban J connectivity index is 2.33. The molecule has 112 valence electrons. The summed E-state index contributed by atoms with van der Waals surface area (Å²) in [5.41, 5.74) is 6.50. The molecule has 0 unspecified atom stereocenters. The molecule has 2 rings (SSSR count). The summed E-state index contributed by atoms with van der Waals surface area (Å²) in [6.07, 6.45) is 1.36. The summed E-state index contributed by atoms with van der Waals surface area (Å²) in [5, 5.41) is 0.126. The number of halogens is 1. The van der Waals surface area contributed by atoms with Crippen LogP contribution in [0.3, 0.4) is 0 Å². The number of nitrogens with one attached hydrogen (secondary N) is 1. The minimum Gasteiger partial charge on any atom is -0.481 e. The Kier molecular flexibility index (Phi) is 4.66. The largest absolute Gasteiger partial charge is 0.481 e. The average molecular weight is 328 g/mol. The van der Waals surface area contributed by atoms with Crippen molar-refractivity contribution in [2.24, 2.45) is 5.73 Å². The first-order valence-electron chi connectivity index (χ1n) is 5.97. The maximum absolute atomic E-state index is 12.3. The number of hydrogen-bond donors (Lipinski definition) is 2. The molecule has 0 aliphatic heterocycles. The van der Waals surface area contributed by atoms with Crippen molar-refractivity contribution in [3.63, 3.8) is 0 Å². The van der Waals surface area contributed by atoms with Gasteiger partial charge in [0, 0.05) is 12.6 Å². The molecule has 0 aliphatic rings. The van der Waals surface area contributed by atoms with Crippen LogP contribution in [0, 0.1) is 0 Å². The van der Waals surface area contributed by atoms with E-state index in [1.807, 2.05) is 0 Å². The van der Waals surface area contributed by atoms with Crippen LogP contribution in [0.2, 0.25) is 5.02 Å². The second-order valence-electron chi connectivity index (χ2n) is 4.16. The Morgan fingerprint density at radius 1 is 1.33 bits per heavy atom. The molecule has 1 aromatic carbocycles. The number of sulfonamides is 1. The summed E-state index contributed by atoms with van der Waals surface area (Å²) >= 11 is 5.96. The summed E-state index contributed by atoms with van der Waals surface area (Å²) in [6, 6.07) is 7.72. The van der Waals surface area contributed by atoms with Gasteiger partial charge in [0.15, 0.2) is 0 Å². The minimum atomic E-state index is -3.81. The Labute approximate surface area is 128 Å². The number of nitrogens with two attached hydrogens (primary N) is 1. The van der Waals surface area contributed by atoms with Crippen LogP contribution in [0.5, 0.6) is 5.88 Å². The quantitative estimate of drug-likeness (QED) is 0.876. The lowest BCUT2D eigenvalue weighted by Crippen LogP contribution is -2.14. The summed E-state index contributed by atoms with van der Waals surface area (Å²) < 4.78 is 32.0. The third kappa shape index (κ3) is 3.63. The number of aromatic nitrogens is 1. The second kappa shape index (κ2) is 6.30. The molecule has 0 saturated heterocycles. The van der Waals surface area contributed by atoms with E-state index in [1.54, 1.807) is 18.2 Å². The zero-order chi connectivity index (χ0) is 15.5. The SMILES string of the molecule is COc1ccc(NS(=O)(=O)c2cc(CN)ccc2Cl)cn1. The van der Waals surface area contributed by atoms with Crippen LogP contribution in [0.15, 0.2) is 41.4 Å². The Bertz CT molecular complexity index is 733. The van der Waals surface area contributed by atoms with Crippen LogP contribution in [0.1, 0.15) is 5.56 Å². The van der Waals surface area contributed by atoms with Crippen molar-refractivity contribution in [2.45, 2.75) is 11.4 Å². The number of ether oxygens (including phenoxy) is 1. The predicted octanol–water partition coefficient (Wildman–Crippen LogP) is 2.00. The maximum Gasteiger partial charge on any atom is 0.263 e. The number of methoxy groups -OCH3 is 1. The van der Waals surface area contributed by atoms with Crippen molar-refractivity contribution in [3.05, 3.63) is 47.1 Å². The first-order valence-corrected chi connectivity index (χ1v) is 7.84. The van der Waals surface area contributed by atoms with Crippen molar-refractivity contribution in [1.29, 1.82) is 0 Å². The van der Waals surface area contributed by atoms with E-state index < -0.39 is 10.0 Å². The molecule has 0 fully saturated rings. The van der Waals surface area contributed by atoms with E-state index in [2.05, 4.69) is 9.71 Å². The highest BCUT2D eigenvalue weighted by Crippen LogP contribution is 2.25. The third-order valence-electron chi connectivity index (χ3n) is 2.72. The molecule has 0 bridgehead atoms. The number of anilines is 1. The van der Waals surface area contributed by atoms with Crippen molar-refractivity contribution in [1.82, 2.24) is 4.98 Å². The maximum atomic E-state index is 12.3. The van der Waals surface area contributed by atoms with Gasteiger partial charge in [0.05, 0.1) is 24.0 Å². The summed E-state index contributed by atoms with van der Waals surface area (Å²) in [4.78, 5) is 3.90. The van der Waals surface area contributed by atoms with Gasteiger partial charge >= 0.3 is 0 Å². The van der Waals surface area contributed by atoms with E-state index in [4.69, 9.17) is 22.1 Å². The van der Waals surface area contributed by atoms with Crippen molar-refractivity contribution >= 4 is 27.3 Å². The minimum absolute atomic E-state index is 0.0251. The highest BCUT2D eigenvalue weighted by atomic mass is 35.5. The standard InChI is InChI=1S/C13H14ClN3O3S/c1-20-13-5-3-10(8-16-13)17-21(18,19)12-6-9(7-15)2-4-11(12)14/h2-6,8,17H,7,15H2,1H3. The van der Waals surface area contributed by atoms with E-state index in [0.29, 0.717) is 17.1 Å². The van der Waals surface area contributed by atoms with Gasteiger partial charge in [-0.15, -0.1) is 0 Å². The van der Waals surface area contributed by atoms with E-state index in [9.17, 15) is 8.42 Å². The predicted molar refractivity (Wildman–Crippen MR) is 80.9 cm³/mol. The molecule has 0 amide bonds. The molecule has 0 atom stereocenters. The second-order valence-corrected chi connectivity index (χ2v) is 6.22. The fourth-order valence-corrected chi connectivity index (χ4v) is 3.25. The van der Waals surface area contributed by atoms with Crippen LogP contribution in [-0.2, 0) is 16.6 Å². The van der Waals surface area contributed by atoms with Gasteiger partial charge in [-0.3, -0.25) is 4.72 Å². The molecule has 8 heteroatoms. The Morgan fingerprint density at radius 2 is 2.10 bits per heavy atom. The topological polar surface area (TPSA) is 94.3 Å². The Morgan fingerprint density at radius 3 is 2.67 bits per heavy atom. The van der Waals surface area contributed by atoms with Gasteiger partial charge in [-0.05, 0) is 23.8 Å². The lowest BCUT2D eigenvalue weighted by Gasteiger charge is -2.10. The molecule has 0 aliphatic carbocycles. The molecule has 3 N–H and O–H groups in total. The molecule has 0 spiro atoms. The first kappa shape index (κ1) is 15.6. The Hall–Kier alpha value is -1.83. The van der Waals surface area contributed by atoms with Crippen LogP contribution < -0.4 is 15.2 Å². The van der Waals surface area contributed by atoms with Gasteiger partial charge < -0.3 is 10.5 Å². The van der Waals surface area contributed by atoms with E-state index in [0.717, 1.165) is 0 Å². The molecule has 1 aromatic heterocycles. The van der Waals surface area contributed by atoms with Gasteiger partial charge in [-0.25, -0.2) is 13.4 Å². The van der Waals surface area contributed by atoms with Crippen LogP contribution >= 0.6 is 11.6 Å². The molecule has 0 radical (unpaired) electrons. The molecule has 6 nitrogen and oxygen atoms in total. The van der Waals surface area contributed by atoms with E-state index in [1.165, 1.54) is 25.4 Å².